The summed E-state index contributed by atoms with van der Waals surface area (Å²) in [6.07, 6.45) is 0.623. The van der Waals surface area contributed by atoms with Crippen molar-refractivity contribution in [1.82, 2.24) is 20.2 Å². The molecule has 0 amide bonds. The molecule has 0 unspecified atom stereocenters. The molecule has 3 heterocycles. The third kappa shape index (κ3) is 3.82. The molecule has 0 bridgehead atoms. The van der Waals surface area contributed by atoms with Gasteiger partial charge in [-0.3, -0.25) is 4.90 Å². The molecule has 1 aromatic carbocycles. The van der Waals surface area contributed by atoms with Crippen LogP contribution in [0.25, 0.3) is 23.0 Å². The first-order valence-corrected chi connectivity index (χ1v) is 8.71. The molecular formula is C18H21N5O3. The van der Waals surface area contributed by atoms with E-state index in [0.29, 0.717) is 36.1 Å². The summed E-state index contributed by atoms with van der Waals surface area (Å²) < 4.78 is 15.9. The van der Waals surface area contributed by atoms with E-state index >= 15 is 0 Å². The van der Waals surface area contributed by atoms with Crippen molar-refractivity contribution in [2.24, 2.45) is 5.73 Å². The van der Waals surface area contributed by atoms with Crippen LogP contribution >= 0.6 is 0 Å². The minimum atomic E-state index is 0.339. The molecule has 1 aliphatic rings. The van der Waals surface area contributed by atoms with Crippen LogP contribution in [-0.4, -0.2) is 53.0 Å². The van der Waals surface area contributed by atoms with Crippen molar-refractivity contribution in [3.8, 4) is 23.0 Å². The highest BCUT2D eigenvalue weighted by atomic mass is 16.5. The molecule has 0 spiro atoms. The second-order valence-corrected chi connectivity index (χ2v) is 6.23. The van der Waals surface area contributed by atoms with Gasteiger partial charge in [-0.25, -0.2) is 0 Å². The number of nitrogens with zero attached hydrogens (tertiary/aromatic N) is 4. The largest absolute Gasteiger partial charge is 0.379 e. The standard InChI is InChI=1S/C18H21N5O3/c19-5-4-15-11-16(21-25-15)18-20-17(22-26-18)14-3-1-2-13(10-14)12-23-6-8-24-9-7-23/h1-3,10-11H,4-9,12,19H2. The summed E-state index contributed by atoms with van der Waals surface area (Å²) in [6, 6.07) is 9.96. The molecule has 0 atom stereocenters. The normalized spacial score (nSPS) is 15.4. The Hall–Kier alpha value is -2.55. The first kappa shape index (κ1) is 16.9. The van der Waals surface area contributed by atoms with Gasteiger partial charge in [0.2, 0.25) is 5.82 Å². The van der Waals surface area contributed by atoms with Gasteiger partial charge >= 0.3 is 0 Å². The van der Waals surface area contributed by atoms with Crippen molar-refractivity contribution in [3.63, 3.8) is 0 Å². The highest BCUT2D eigenvalue weighted by Crippen LogP contribution is 2.23. The average molecular weight is 355 g/mol. The van der Waals surface area contributed by atoms with Crippen molar-refractivity contribution in [2.75, 3.05) is 32.8 Å². The fourth-order valence-electron chi connectivity index (χ4n) is 2.94. The zero-order valence-corrected chi connectivity index (χ0v) is 14.4. The Morgan fingerprint density at radius 1 is 1.08 bits per heavy atom. The van der Waals surface area contributed by atoms with Gasteiger partial charge in [0.1, 0.15) is 5.76 Å². The first-order valence-electron chi connectivity index (χ1n) is 8.71. The summed E-state index contributed by atoms with van der Waals surface area (Å²) in [5, 5.41) is 8.04. The molecule has 136 valence electrons. The van der Waals surface area contributed by atoms with E-state index in [1.807, 2.05) is 12.1 Å². The zero-order valence-electron chi connectivity index (χ0n) is 14.4. The monoisotopic (exact) mass is 355 g/mol. The number of rotatable bonds is 6. The van der Waals surface area contributed by atoms with Crippen LogP contribution in [-0.2, 0) is 17.7 Å². The lowest BCUT2D eigenvalue weighted by Crippen LogP contribution is -2.35. The summed E-state index contributed by atoms with van der Waals surface area (Å²) in [5.74, 6) is 1.58. The minimum absolute atomic E-state index is 0.339. The van der Waals surface area contributed by atoms with Crippen LogP contribution in [0.15, 0.2) is 39.4 Å². The molecule has 26 heavy (non-hydrogen) atoms. The second-order valence-electron chi connectivity index (χ2n) is 6.23. The highest BCUT2D eigenvalue weighted by molar-refractivity contribution is 5.58. The molecule has 0 aliphatic carbocycles. The predicted octanol–water partition coefficient (Wildman–Crippen LogP) is 1.72. The van der Waals surface area contributed by atoms with Crippen LogP contribution in [0.2, 0.25) is 0 Å². The van der Waals surface area contributed by atoms with E-state index in [-0.39, 0.29) is 0 Å². The molecule has 0 radical (unpaired) electrons. The molecule has 1 aliphatic heterocycles. The molecule has 4 rings (SSSR count). The van der Waals surface area contributed by atoms with Crippen molar-refractivity contribution < 1.29 is 13.8 Å². The number of nitrogens with two attached hydrogens (primary N) is 1. The minimum Gasteiger partial charge on any atom is -0.379 e. The lowest BCUT2D eigenvalue weighted by Gasteiger charge is -2.26. The van der Waals surface area contributed by atoms with Gasteiger partial charge in [0, 0.05) is 37.7 Å². The predicted molar refractivity (Wildman–Crippen MR) is 94.1 cm³/mol. The van der Waals surface area contributed by atoms with E-state index in [1.54, 1.807) is 6.07 Å². The van der Waals surface area contributed by atoms with Crippen LogP contribution in [0.5, 0.6) is 0 Å². The summed E-state index contributed by atoms with van der Waals surface area (Å²) in [4.78, 5) is 6.82. The van der Waals surface area contributed by atoms with Crippen molar-refractivity contribution in [3.05, 3.63) is 41.7 Å². The number of benzene rings is 1. The number of morpholine rings is 1. The first-order chi connectivity index (χ1) is 12.8. The molecule has 8 heteroatoms. The Kier molecular flexibility index (Phi) is 5.05. The van der Waals surface area contributed by atoms with Gasteiger partial charge in [0.25, 0.3) is 5.89 Å². The van der Waals surface area contributed by atoms with E-state index in [0.717, 1.165) is 38.4 Å². The quantitative estimate of drug-likeness (QED) is 0.713. The topological polar surface area (TPSA) is 103 Å². The Balaban J connectivity index is 1.50. The van der Waals surface area contributed by atoms with E-state index < -0.39 is 0 Å². The van der Waals surface area contributed by atoms with Crippen molar-refractivity contribution in [2.45, 2.75) is 13.0 Å². The van der Waals surface area contributed by atoms with E-state index in [1.165, 1.54) is 5.56 Å². The third-order valence-corrected chi connectivity index (χ3v) is 4.29. The second kappa shape index (κ2) is 7.77. The zero-order chi connectivity index (χ0) is 17.8. The molecule has 8 nitrogen and oxygen atoms in total. The van der Waals surface area contributed by atoms with Gasteiger partial charge in [0.05, 0.1) is 13.2 Å². The Bertz CT molecular complexity index is 854. The van der Waals surface area contributed by atoms with E-state index in [2.05, 4.69) is 32.3 Å². The number of hydrogen-bond donors (Lipinski definition) is 1. The Morgan fingerprint density at radius 3 is 2.81 bits per heavy atom. The maximum atomic E-state index is 5.52. The molecule has 2 N–H and O–H groups in total. The van der Waals surface area contributed by atoms with Crippen LogP contribution < -0.4 is 5.73 Å². The van der Waals surface area contributed by atoms with Gasteiger partial charge in [0.15, 0.2) is 5.69 Å². The highest BCUT2D eigenvalue weighted by Gasteiger charge is 2.16. The maximum Gasteiger partial charge on any atom is 0.280 e. The maximum absolute atomic E-state index is 5.52. The molecule has 1 saturated heterocycles. The fraction of sp³-hybridized carbons (Fsp3) is 0.389. The van der Waals surface area contributed by atoms with Crippen molar-refractivity contribution >= 4 is 0 Å². The Labute approximate surface area is 150 Å². The van der Waals surface area contributed by atoms with Gasteiger partial charge in [-0.1, -0.05) is 28.5 Å². The van der Waals surface area contributed by atoms with Crippen LogP contribution in [0.4, 0.5) is 0 Å². The van der Waals surface area contributed by atoms with Gasteiger partial charge in [-0.15, -0.1) is 0 Å². The number of hydrogen-bond acceptors (Lipinski definition) is 8. The van der Waals surface area contributed by atoms with E-state index in [9.17, 15) is 0 Å². The lowest BCUT2D eigenvalue weighted by molar-refractivity contribution is 0.0342. The van der Waals surface area contributed by atoms with Crippen molar-refractivity contribution in [1.29, 1.82) is 0 Å². The van der Waals surface area contributed by atoms with E-state index in [4.69, 9.17) is 19.5 Å². The smallest absolute Gasteiger partial charge is 0.280 e. The molecule has 1 fully saturated rings. The van der Waals surface area contributed by atoms with Gasteiger partial charge < -0.3 is 19.5 Å². The molecular weight excluding hydrogens is 334 g/mol. The molecule has 2 aromatic heterocycles. The van der Waals surface area contributed by atoms with Gasteiger partial charge in [-0.2, -0.15) is 4.98 Å². The summed E-state index contributed by atoms with van der Waals surface area (Å²) >= 11 is 0. The van der Waals surface area contributed by atoms with Crippen LogP contribution in [0.3, 0.4) is 0 Å². The Morgan fingerprint density at radius 2 is 1.96 bits per heavy atom. The third-order valence-electron chi connectivity index (χ3n) is 4.29. The summed E-state index contributed by atoms with van der Waals surface area (Å²) in [7, 11) is 0. The molecule has 3 aromatic rings. The lowest BCUT2D eigenvalue weighted by atomic mass is 10.1. The fourth-order valence-corrected chi connectivity index (χ4v) is 2.94. The SMILES string of the molecule is NCCc1cc(-c2nc(-c3cccc(CN4CCOCC4)c3)no2)no1. The van der Waals surface area contributed by atoms with Crippen LogP contribution in [0.1, 0.15) is 11.3 Å². The average Bonchev–Trinajstić information content (AvgIpc) is 3.32. The summed E-state index contributed by atoms with van der Waals surface area (Å²) in [6.45, 7) is 4.87. The number of ether oxygens (including phenoxy) is 1. The van der Waals surface area contributed by atoms with Crippen LogP contribution in [0, 0.1) is 0 Å². The van der Waals surface area contributed by atoms with Gasteiger partial charge in [-0.05, 0) is 18.2 Å². The number of aromatic nitrogens is 3. The molecule has 0 saturated carbocycles. The summed E-state index contributed by atoms with van der Waals surface area (Å²) in [5.41, 5.74) is 8.17.